The first-order chi connectivity index (χ1) is 12.0. The van der Waals surface area contributed by atoms with E-state index >= 15 is 0 Å². The minimum absolute atomic E-state index is 0.131. The molecule has 1 saturated heterocycles. The fourth-order valence-electron chi connectivity index (χ4n) is 3.04. The van der Waals surface area contributed by atoms with Crippen LogP contribution in [0.5, 0.6) is 5.75 Å². The second kappa shape index (κ2) is 6.76. The molecule has 0 aliphatic carbocycles. The van der Waals surface area contributed by atoms with Crippen LogP contribution in [0.3, 0.4) is 0 Å². The van der Waals surface area contributed by atoms with Gasteiger partial charge in [-0.2, -0.15) is 0 Å². The van der Waals surface area contributed by atoms with Crippen LogP contribution in [0.1, 0.15) is 22.0 Å². The molecule has 0 bridgehead atoms. The van der Waals surface area contributed by atoms with E-state index in [-0.39, 0.29) is 23.3 Å². The van der Waals surface area contributed by atoms with Crippen molar-refractivity contribution in [2.45, 2.75) is 5.92 Å². The number of rotatable bonds is 4. The second-order valence-electron chi connectivity index (χ2n) is 5.80. The average Bonchev–Trinajstić information content (AvgIpc) is 3.07. The first-order valence-corrected chi connectivity index (χ1v) is 7.66. The third-order valence-corrected chi connectivity index (χ3v) is 4.33. The second-order valence-corrected chi connectivity index (χ2v) is 5.80. The summed E-state index contributed by atoms with van der Waals surface area (Å²) >= 11 is 0. The molecule has 8 heteroatoms. The molecule has 2 aromatic rings. The molecule has 8 nitrogen and oxygen atoms in total. The fraction of sp³-hybridized carbons (Fsp3) is 0.294. The van der Waals surface area contributed by atoms with Gasteiger partial charge in [-0.25, -0.2) is 14.8 Å². The number of nitrogens with zero attached hydrogens (tertiary/aromatic N) is 3. The summed E-state index contributed by atoms with van der Waals surface area (Å²) in [6, 6.07) is 6.71. The summed E-state index contributed by atoms with van der Waals surface area (Å²) in [6.07, 6.45) is 2.58. The third-order valence-electron chi connectivity index (χ3n) is 4.33. The highest BCUT2D eigenvalue weighted by Crippen LogP contribution is 2.35. The number of hydrogen-bond donors (Lipinski definition) is 2. The van der Waals surface area contributed by atoms with Gasteiger partial charge >= 0.3 is 11.9 Å². The van der Waals surface area contributed by atoms with Crippen molar-refractivity contribution in [2.75, 3.05) is 25.1 Å². The Kier molecular flexibility index (Phi) is 4.51. The Morgan fingerprint density at radius 1 is 1.16 bits per heavy atom. The molecule has 1 aromatic carbocycles. The summed E-state index contributed by atoms with van der Waals surface area (Å²) in [4.78, 5) is 32.9. The van der Waals surface area contributed by atoms with Crippen molar-refractivity contribution in [1.82, 2.24) is 9.97 Å². The van der Waals surface area contributed by atoms with E-state index in [9.17, 15) is 14.7 Å². The maximum absolute atomic E-state index is 12.2. The zero-order valence-corrected chi connectivity index (χ0v) is 13.5. The number of hydrogen-bond acceptors (Lipinski definition) is 7. The zero-order chi connectivity index (χ0) is 18.0. The number of aromatic hydroxyl groups is 1. The van der Waals surface area contributed by atoms with E-state index in [0.717, 1.165) is 5.56 Å². The highest BCUT2D eigenvalue weighted by molar-refractivity contribution is 5.85. The quantitative estimate of drug-likeness (QED) is 0.798. The monoisotopic (exact) mass is 343 g/mol. The number of carbonyl (C=O) groups excluding carboxylic acids is 1. The van der Waals surface area contributed by atoms with E-state index in [2.05, 4.69) is 9.97 Å². The molecule has 0 amide bonds. The predicted octanol–water partition coefficient (Wildman–Crippen LogP) is 1.27. The Morgan fingerprint density at radius 2 is 1.88 bits per heavy atom. The number of aromatic carboxylic acids is 1. The molecular weight excluding hydrogens is 326 g/mol. The summed E-state index contributed by atoms with van der Waals surface area (Å²) < 4.78 is 4.92. The summed E-state index contributed by atoms with van der Waals surface area (Å²) in [5.41, 5.74) is 0.772. The van der Waals surface area contributed by atoms with Crippen LogP contribution >= 0.6 is 0 Å². The molecule has 0 radical (unpaired) electrons. The summed E-state index contributed by atoms with van der Waals surface area (Å²) in [7, 11) is 1.35. The largest absolute Gasteiger partial charge is 0.508 e. The van der Waals surface area contributed by atoms with Gasteiger partial charge in [-0.3, -0.25) is 4.79 Å². The Morgan fingerprint density at radius 3 is 2.44 bits per heavy atom. The molecule has 2 N–H and O–H groups in total. The van der Waals surface area contributed by atoms with Crippen LogP contribution in [-0.4, -0.2) is 52.3 Å². The van der Waals surface area contributed by atoms with Crippen molar-refractivity contribution in [3.8, 4) is 5.75 Å². The average molecular weight is 343 g/mol. The molecular formula is C17H17N3O5. The molecule has 25 heavy (non-hydrogen) atoms. The zero-order valence-electron chi connectivity index (χ0n) is 13.5. The van der Waals surface area contributed by atoms with E-state index in [1.807, 2.05) is 4.90 Å². The molecule has 0 unspecified atom stereocenters. The van der Waals surface area contributed by atoms with E-state index < -0.39 is 11.9 Å². The van der Waals surface area contributed by atoms with Crippen molar-refractivity contribution in [3.05, 3.63) is 47.9 Å². The number of benzene rings is 1. The third kappa shape index (κ3) is 3.37. The van der Waals surface area contributed by atoms with Gasteiger partial charge in [0.05, 0.1) is 25.4 Å². The lowest BCUT2D eigenvalue weighted by Crippen LogP contribution is -2.25. The van der Waals surface area contributed by atoms with Gasteiger partial charge in [0.1, 0.15) is 11.6 Å². The van der Waals surface area contributed by atoms with Crippen LogP contribution in [-0.2, 0) is 9.53 Å². The van der Waals surface area contributed by atoms with Crippen LogP contribution < -0.4 is 4.90 Å². The van der Waals surface area contributed by atoms with E-state index in [1.165, 1.54) is 19.5 Å². The summed E-state index contributed by atoms with van der Waals surface area (Å²) in [6.45, 7) is 0.894. The standard InChI is InChI=1S/C17H17N3O5/c1-25-17(24)13-9-20(15-7-18-14(6-19-15)16(22)23)8-12(13)10-2-4-11(21)5-3-10/h2-7,12-13,21H,8-9H2,1H3,(H,22,23)/t12-,13+/m0/s1. The molecule has 2 heterocycles. The highest BCUT2D eigenvalue weighted by Gasteiger charge is 2.39. The minimum atomic E-state index is -1.14. The van der Waals surface area contributed by atoms with Gasteiger partial charge in [-0.1, -0.05) is 12.1 Å². The number of phenolic OH excluding ortho intramolecular Hbond substituents is 1. The first kappa shape index (κ1) is 16.7. The molecule has 0 saturated carbocycles. The van der Waals surface area contributed by atoms with Crippen molar-refractivity contribution < 1.29 is 24.5 Å². The molecule has 1 aliphatic heterocycles. The lowest BCUT2D eigenvalue weighted by atomic mass is 9.89. The van der Waals surface area contributed by atoms with Crippen molar-refractivity contribution >= 4 is 17.8 Å². The van der Waals surface area contributed by atoms with Crippen LogP contribution in [0.15, 0.2) is 36.7 Å². The van der Waals surface area contributed by atoms with Gasteiger partial charge < -0.3 is 19.8 Å². The number of carboxylic acid groups (broad SMARTS) is 1. The Labute approximate surface area is 143 Å². The number of aromatic nitrogens is 2. The highest BCUT2D eigenvalue weighted by atomic mass is 16.5. The molecule has 3 rings (SSSR count). The van der Waals surface area contributed by atoms with Crippen LogP contribution in [0.4, 0.5) is 5.82 Å². The molecule has 130 valence electrons. The number of methoxy groups -OCH3 is 1. The lowest BCUT2D eigenvalue weighted by molar-refractivity contribution is -0.145. The number of anilines is 1. The minimum Gasteiger partial charge on any atom is -0.508 e. The first-order valence-electron chi connectivity index (χ1n) is 7.66. The molecule has 1 aromatic heterocycles. The number of esters is 1. The summed E-state index contributed by atoms with van der Waals surface area (Å²) in [5.74, 6) is -1.33. The van der Waals surface area contributed by atoms with Crippen LogP contribution in [0.2, 0.25) is 0 Å². The van der Waals surface area contributed by atoms with Gasteiger partial charge in [0, 0.05) is 19.0 Å². The van der Waals surface area contributed by atoms with Gasteiger partial charge in [0.2, 0.25) is 0 Å². The number of ether oxygens (including phenoxy) is 1. The van der Waals surface area contributed by atoms with Crippen molar-refractivity contribution in [2.24, 2.45) is 5.92 Å². The molecule has 1 fully saturated rings. The number of carboxylic acids is 1. The van der Waals surface area contributed by atoms with E-state index in [4.69, 9.17) is 9.84 Å². The molecule has 1 aliphatic rings. The topological polar surface area (TPSA) is 113 Å². The van der Waals surface area contributed by atoms with Gasteiger partial charge in [-0.15, -0.1) is 0 Å². The van der Waals surface area contributed by atoms with Gasteiger partial charge in [-0.05, 0) is 17.7 Å². The Hall–Kier alpha value is -3.16. The summed E-state index contributed by atoms with van der Waals surface area (Å²) in [5, 5.41) is 18.4. The normalized spacial score (nSPS) is 19.6. The van der Waals surface area contributed by atoms with Crippen LogP contribution in [0.25, 0.3) is 0 Å². The number of phenols is 1. The van der Waals surface area contributed by atoms with E-state index in [0.29, 0.717) is 18.9 Å². The van der Waals surface area contributed by atoms with Gasteiger partial charge in [0.15, 0.2) is 5.69 Å². The van der Waals surface area contributed by atoms with E-state index in [1.54, 1.807) is 24.3 Å². The Balaban J connectivity index is 1.87. The van der Waals surface area contributed by atoms with Crippen LogP contribution in [0, 0.1) is 5.92 Å². The maximum Gasteiger partial charge on any atom is 0.356 e. The SMILES string of the molecule is COC(=O)[C@@H]1CN(c2cnc(C(=O)O)cn2)C[C@H]1c1ccc(O)cc1. The molecule has 2 atom stereocenters. The smallest absolute Gasteiger partial charge is 0.356 e. The lowest BCUT2D eigenvalue weighted by Gasteiger charge is -2.17. The van der Waals surface area contributed by atoms with Crippen molar-refractivity contribution in [1.29, 1.82) is 0 Å². The van der Waals surface area contributed by atoms with Gasteiger partial charge in [0.25, 0.3) is 0 Å². The molecule has 0 spiro atoms. The predicted molar refractivity (Wildman–Crippen MR) is 87.6 cm³/mol. The number of carbonyl (C=O) groups is 2. The fourth-order valence-corrected chi connectivity index (χ4v) is 3.04. The van der Waals surface area contributed by atoms with Crippen molar-refractivity contribution in [3.63, 3.8) is 0 Å². The maximum atomic E-state index is 12.2. The Bertz CT molecular complexity index is 776.